The van der Waals surface area contributed by atoms with Gasteiger partial charge in [0.1, 0.15) is 5.56 Å². The molecule has 0 saturated heterocycles. The van der Waals surface area contributed by atoms with Crippen LogP contribution in [0.5, 0.6) is 5.88 Å². The Hall–Kier alpha value is -3.62. The summed E-state index contributed by atoms with van der Waals surface area (Å²) in [6.07, 6.45) is 3.12. The van der Waals surface area contributed by atoms with E-state index in [1.54, 1.807) is 20.0 Å². The quantitative estimate of drug-likeness (QED) is 0.428. The Morgan fingerprint density at radius 1 is 1.31 bits per heavy atom. The average Bonchev–Trinajstić information content (AvgIpc) is 3.08. The van der Waals surface area contributed by atoms with Gasteiger partial charge >= 0.3 is 11.7 Å². The van der Waals surface area contributed by atoms with Gasteiger partial charge in [-0.05, 0) is 25.5 Å². The fourth-order valence-electron chi connectivity index (χ4n) is 3.15. The molecular weight excluding hydrogens is 376 g/mol. The summed E-state index contributed by atoms with van der Waals surface area (Å²) in [4.78, 5) is 45.8. The van der Waals surface area contributed by atoms with Crippen LogP contribution < -0.4 is 11.2 Å². The minimum absolute atomic E-state index is 0.203. The van der Waals surface area contributed by atoms with Gasteiger partial charge in [0.15, 0.2) is 6.04 Å². The third-order valence-corrected chi connectivity index (χ3v) is 4.61. The van der Waals surface area contributed by atoms with Crippen LogP contribution in [0.25, 0.3) is 10.9 Å². The molecule has 0 aliphatic heterocycles. The highest BCUT2D eigenvalue weighted by molar-refractivity contribution is 5.87. The van der Waals surface area contributed by atoms with Crippen LogP contribution in [0.3, 0.4) is 0 Å². The number of fused-ring (bicyclic) bond motifs is 1. The number of para-hydroxylation sites is 1. The minimum atomic E-state index is -0.933. The summed E-state index contributed by atoms with van der Waals surface area (Å²) in [5.41, 5.74) is 0.0737. The summed E-state index contributed by atoms with van der Waals surface area (Å²) < 4.78 is 5.87. The first-order valence-corrected chi connectivity index (χ1v) is 9.07. The number of aromatic nitrogens is 3. The Bertz CT molecular complexity index is 1190. The van der Waals surface area contributed by atoms with Gasteiger partial charge in [0, 0.05) is 35.8 Å². The van der Waals surface area contributed by atoms with Crippen molar-refractivity contribution in [2.45, 2.75) is 32.4 Å². The lowest BCUT2D eigenvalue weighted by Gasteiger charge is -2.13. The van der Waals surface area contributed by atoms with E-state index < -0.39 is 29.1 Å². The molecule has 1 aromatic carbocycles. The monoisotopic (exact) mass is 398 g/mol. The highest BCUT2D eigenvalue weighted by Crippen LogP contribution is 2.20. The van der Waals surface area contributed by atoms with Crippen molar-refractivity contribution in [2.24, 2.45) is 4.99 Å². The highest BCUT2D eigenvalue weighted by atomic mass is 16.5. The number of nitrogens with one attached hydrogen (secondary N) is 2. The fourth-order valence-corrected chi connectivity index (χ4v) is 3.15. The number of aromatic amines is 2. The van der Waals surface area contributed by atoms with Crippen LogP contribution in [0.2, 0.25) is 0 Å². The molecule has 3 aromatic rings. The third kappa shape index (κ3) is 3.98. The number of aliphatic imine (C=N–C) groups is 1. The third-order valence-electron chi connectivity index (χ3n) is 4.61. The molecule has 0 amide bonds. The van der Waals surface area contributed by atoms with E-state index in [0.717, 1.165) is 27.2 Å². The van der Waals surface area contributed by atoms with E-state index in [-0.39, 0.29) is 18.0 Å². The molecule has 2 heterocycles. The zero-order chi connectivity index (χ0) is 21.1. The molecule has 29 heavy (non-hydrogen) atoms. The minimum Gasteiger partial charge on any atom is -0.494 e. The molecule has 9 heteroatoms. The van der Waals surface area contributed by atoms with E-state index in [0.29, 0.717) is 0 Å². The number of esters is 1. The van der Waals surface area contributed by atoms with Crippen LogP contribution in [0.1, 0.15) is 31.0 Å². The molecule has 2 aromatic heterocycles. The normalized spacial score (nSPS) is 12.7. The maximum atomic E-state index is 12.2. The molecule has 0 aliphatic rings. The van der Waals surface area contributed by atoms with Gasteiger partial charge in [0.2, 0.25) is 5.88 Å². The van der Waals surface area contributed by atoms with Gasteiger partial charge in [-0.2, -0.15) is 0 Å². The number of ether oxygens (including phenoxy) is 1. The summed E-state index contributed by atoms with van der Waals surface area (Å²) in [6.45, 7) is 3.38. The average molecular weight is 398 g/mol. The molecule has 0 bridgehead atoms. The lowest BCUT2D eigenvalue weighted by molar-refractivity contribution is -0.142. The number of benzene rings is 1. The highest BCUT2D eigenvalue weighted by Gasteiger charge is 2.21. The number of carbonyl (C=O) groups excluding carboxylic acids is 1. The Labute approximate surface area is 165 Å². The van der Waals surface area contributed by atoms with E-state index in [9.17, 15) is 19.5 Å². The van der Waals surface area contributed by atoms with Crippen molar-refractivity contribution >= 4 is 23.1 Å². The summed E-state index contributed by atoms with van der Waals surface area (Å²) >= 11 is 0. The Morgan fingerprint density at radius 2 is 2.03 bits per heavy atom. The first-order valence-electron chi connectivity index (χ1n) is 9.07. The molecule has 3 rings (SSSR count). The Balaban J connectivity index is 1.99. The van der Waals surface area contributed by atoms with Crippen LogP contribution in [-0.2, 0) is 16.0 Å². The lowest BCUT2D eigenvalue weighted by Crippen LogP contribution is -2.33. The fraction of sp³-hybridized carbons (Fsp3) is 0.300. The molecular formula is C20H22N4O5. The molecule has 152 valence electrons. The van der Waals surface area contributed by atoms with Gasteiger partial charge in [-0.25, -0.2) is 9.59 Å². The van der Waals surface area contributed by atoms with Gasteiger partial charge in [-0.15, -0.1) is 0 Å². The summed E-state index contributed by atoms with van der Waals surface area (Å²) in [6, 6.07) is 6.32. The zero-order valence-electron chi connectivity index (χ0n) is 16.3. The van der Waals surface area contributed by atoms with Gasteiger partial charge in [0.05, 0.1) is 7.11 Å². The molecule has 9 nitrogen and oxygen atoms in total. The van der Waals surface area contributed by atoms with E-state index in [4.69, 9.17) is 4.74 Å². The summed E-state index contributed by atoms with van der Waals surface area (Å²) in [5, 5.41) is 11.3. The molecule has 1 atom stereocenters. The largest absolute Gasteiger partial charge is 0.494 e. The van der Waals surface area contributed by atoms with Crippen LogP contribution in [-0.4, -0.2) is 45.0 Å². The molecule has 0 fully saturated rings. The summed E-state index contributed by atoms with van der Waals surface area (Å²) in [5.74, 6) is -1.09. The number of carbonyl (C=O) groups is 1. The van der Waals surface area contributed by atoms with Crippen molar-refractivity contribution in [2.75, 3.05) is 7.11 Å². The molecule has 0 spiro atoms. The van der Waals surface area contributed by atoms with Crippen molar-refractivity contribution in [1.82, 2.24) is 14.5 Å². The zero-order valence-corrected chi connectivity index (χ0v) is 16.3. The van der Waals surface area contributed by atoms with Crippen LogP contribution in [0.15, 0.2) is 45.0 Å². The van der Waals surface area contributed by atoms with Gasteiger partial charge in [-0.1, -0.05) is 18.2 Å². The number of H-pyrrole nitrogens is 2. The van der Waals surface area contributed by atoms with Crippen molar-refractivity contribution in [3.8, 4) is 5.88 Å². The van der Waals surface area contributed by atoms with E-state index in [1.165, 1.54) is 7.11 Å². The molecule has 0 radical (unpaired) electrons. The van der Waals surface area contributed by atoms with Gasteiger partial charge in [0.25, 0.3) is 5.56 Å². The van der Waals surface area contributed by atoms with Crippen molar-refractivity contribution in [3.63, 3.8) is 0 Å². The molecule has 0 aliphatic carbocycles. The lowest BCUT2D eigenvalue weighted by atomic mass is 10.1. The Kier molecular flexibility index (Phi) is 5.67. The maximum absolute atomic E-state index is 12.2. The van der Waals surface area contributed by atoms with Gasteiger partial charge in [-0.3, -0.25) is 19.3 Å². The van der Waals surface area contributed by atoms with Crippen molar-refractivity contribution in [3.05, 3.63) is 62.4 Å². The van der Waals surface area contributed by atoms with E-state index in [1.807, 2.05) is 24.3 Å². The first-order chi connectivity index (χ1) is 13.8. The molecule has 1 unspecified atom stereocenters. The number of methoxy groups -OCH3 is 1. The SMILES string of the molecule is COC(=O)C(Cc1c[nH]c2ccccc12)N=Cc1c(O)n(C(C)C)c(=O)[nH]c1=O. The second-order valence-corrected chi connectivity index (χ2v) is 6.84. The maximum Gasteiger partial charge on any atom is 0.331 e. The summed E-state index contributed by atoms with van der Waals surface area (Å²) in [7, 11) is 1.25. The van der Waals surface area contributed by atoms with Crippen LogP contribution in [0.4, 0.5) is 0 Å². The molecule has 3 N–H and O–H groups in total. The topological polar surface area (TPSA) is 130 Å². The first kappa shape index (κ1) is 20.1. The second-order valence-electron chi connectivity index (χ2n) is 6.84. The van der Waals surface area contributed by atoms with E-state index >= 15 is 0 Å². The van der Waals surface area contributed by atoms with E-state index in [2.05, 4.69) is 15.0 Å². The Morgan fingerprint density at radius 3 is 2.72 bits per heavy atom. The van der Waals surface area contributed by atoms with Crippen molar-refractivity contribution < 1.29 is 14.6 Å². The smallest absolute Gasteiger partial charge is 0.331 e. The van der Waals surface area contributed by atoms with Gasteiger partial charge < -0.3 is 14.8 Å². The standard InChI is InChI=1S/C20H22N4O5/c1-11(2)24-18(26)14(17(25)23-20(24)28)10-22-16(19(27)29-3)8-12-9-21-15-7-5-4-6-13(12)15/h4-7,9-11,16,21,26H,8H2,1-3H3,(H,23,25,28). The number of hydrogen-bond donors (Lipinski definition) is 3. The predicted octanol–water partition coefficient (Wildman–Crippen LogP) is 1.51. The number of hydrogen-bond acceptors (Lipinski definition) is 6. The second kappa shape index (κ2) is 8.17. The van der Waals surface area contributed by atoms with Crippen LogP contribution in [0, 0.1) is 0 Å². The molecule has 0 saturated carbocycles. The number of aromatic hydroxyl groups is 1. The number of rotatable bonds is 6. The number of nitrogens with zero attached hydrogens (tertiary/aromatic N) is 2. The van der Waals surface area contributed by atoms with Crippen molar-refractivity contribution in [1.29, 1.82) is 0 Å². The van der Waals surface area contributed by atoms with Crippen LogP contribution >= 0.6 is 0 Å². The predicted molar refractivity (Wildman–Crippen MR) is 109 cm³/mol.